The van der Waals surface area contributed by atoms with E-state index >= 15 is 0 Å². The van der Waals surface area contributed by atoms with E-state index in [1.807, 2.05) is 49.4 Å². The van der Waals surface area contributed by atoms with Gasteiger partial charge in [-0.15, -0.1) is 0 Å². The monoisotopic (exact) mass is 482 g/mol. The number of carbonyl (C=O) groups is 3. The summed E-state index contributed by atoms with van der Waals surface area (Å²) < 4.78 is 11.7. The molecule has 1 unspecified atom stereocenters. The van der Waals surface area contributed by atoms with Gasteiger partial charge in [-0.05, 0) is 49.4 Å². The van der Waals surface area contributed by atoms with Crippen LogP contribution < -0.4 is 5.32 Å². The van der Waals surface area contributed by atoms with Crippen LogP contribution in [-0.2, 0) is 25.7 Å². The van der Waals surface area contributed by atoms with Crippen LogP contribution in [0.5, 0.6) is 0 Å². The predicted octanol–water partition coefficient (Wildman–Crippen LogP) is 4.10. The van der Waals surface area contributed by atoms with Gasteiger partial charge in [0.05, 0.1) is 19.3 Å². The predicted molar refractivity (Wildman–Crippen MR) is 131 cm³/mol. The molecule has 2 N–H and O–H groups in total. The molecule has 1 saturated heterocycles. The van der Waals surface area contributed by atoms with Gasteiger partial charge in [0.2, 0.25) is 5.91 Å². The zero-order valence-corrected chi connectivity index (χ0v) is 20.7. The number of fused-ring (bicyclic) bond motifs is 1. The molecular weight excluding hydrogens is 448 g/mol. The van der Waals surface area contributed by atoms with E-state index in [0.717, 1.165) is 16.3 Å². The van der Waals surface area contributed by atoms with Gasteiger partial charge in [-0.3, -0.25) is 9.69 Å². The fourth-order valence-corrected chi connectivity index (χ4v) is 4.91. The molecule has 2 aromatic rings. The molecule has 0 radical (unpaired) electrons. The van der Waals surface area contributed by atoms with E-state index in [1.165, 1.54) is 4.90 Å². The van der Waals surface area contributed by atoms with Crippen LogP contribution in [0.3, 0.4) is 0 Å². The third-order valence-electron chi connectivity index (χ3n) is 6.87. The van der Waals surface area contributed by atoms with Crippen molar-refractivity contribution in [1.82, 2.24) is 10.2 Å². The minimum atomic E-state index is -1.26. The number of carbonyl (C=O) groups excluding carboxylic acids is 2. The highest BCUT2D eigenvalue weighted by Crippen LogP contribution is 2.46. The number of aliphatic carboxylic acids is 1. The quantitative estimate of drug-likeness (QED) is 0.616. The molecule has 2 fully saturated rings. The summed E-state index contributed by atoms with van der Waals surface area (Å²) in [7, 11) is 0. The molecule has 0 spiro atoms. The maximum Gasteiger partial charge on any atom is 0.411 e. The van der Waals surface area contributed by atoms with Gasteiger partial charge in [0, 0.05) is 6.42 Å². The van der Waals surface area contributed by atoms with Crippen LogP contribution >= 0.6 is 0 Å². The van der Waals surface area contributed by atoms with Crippen LogP contribution in [0.25, 0.3) is 10.8 Å². The number of ether oxygens (including phenoxy) is 2. The highest BCUT2D eigenvalue weighted by Gasteiger charge is 2.61. The molecule has 2 aromatic carbocycles. The number of nitrogens with one attached hydrogen (secondary N) is 1. The zero-order chi connectivity index (χ0) is 25.4. The normalized spacial score (nSPS) is 25.9. The Morgan fingerprint density at radius 2 is 1.86 bits per heavy atom. The van der Waals surface area contributed by atoms with Gasteiger partial charge in [0.15, 0.2) is 0 Å². The maximum atomic E-state index is 13.3. The second-order valence-electron chi connectivity index (χ2n) is 10.5. The lowest BCUT2D eigenvalue weighted by Gasteiger charge is -2.28. The van der Waals surface area contributed by atoms with Crippen molar-refractivity contribution in [3.63, 3.8) is 0 Å². The maximum absolute atomic E-state index is 13.3. The van der Waals surface area contributed by atoms with Crippen molar-refractivity contribution in [2.24, 2.45) is 5.92 Å². The molecule has 4 rings (SSSR count). The summed E-state index contributed by atoms with van der Waals surface area (Å²) >= 11 is 0. The van der Waals surface area contributed by atoms with E-state index in [1.54, 1.807) is 20.8 Å². The van der Waals surface area contributed by atoms with Crippen molar-refractivity contribution in [1.29, 1.82) is 0 Å². The Bertz CT molecular complexity index is 1120. The second-order valence-corrected chi connectivity index (χ2v) is 10.5. The van der Waals surface area contributed by atoms with Crippen molar-refractivity contribution in [2.45, 2.75) is 76.9 Å². The summed E-state index contributed by atoms with van der Waals surface area (Å²) in [6, 6.07) is 13.2. The fraction of sp³-hybridized carbons (Fsp3) is 0.519. The van der Waals surface area contributed by atoms with Crippen LogP contribution in [-0.4, -0.2) is 57.8 Å². The average Bonchev–Trinajstić information content (AvgIpc) is 3.35. The summed E-state index contributed by atoms with van der Waals surface area (Å²) in [5.74, 6) is -1.63. The Hall–Kier alpha value is -3.13. The van der Waals surface area contributed by atoms with Crippen molar-refractivity contribution in [2.75, 3.05) is 6.54 Å². The highest BCUT2D eigenvalue weighted by molar-refractivity contribution is 5.94. The van der Waals surface area contributed by atoms with Crippen molar-refractivity contribution in [3.05, 3.63) is 48.0 Å². The molecule has 35 heavy (non-hydrogen) atoms. The number of rotatable bonds is 7. The van der Waals surface area contributed by atoms with Crippen LogP contribution in [0, 0.1) is 5.92 Å². The minimum Gasteiger partial charge on any atom is -0.479 e. The molecule has 8 heteroatoms. The molecule has 0 bridgehead atoms. The van der Waals surface area contributed by atoms with E-state index in [4.69, 9.17) is 9.47 Å². The lowest BCUT2D eigenvalue weighted by atomic mass is 10.1. The Balaban J connectivity index is 1.49. The van der Waals surface area contributed by atoms with E-state index in [2.05, 4.69) is 5.32 Å². The SMILES string of the molecule is CCC1C[C@]1(NC(=O)[C@@H]1C[C@@H](OCc2cccc3ccccc23)CN1C(=O)OC(C)(C)C)C(=O)O. The molecule has 188 valence electrons. The molecule has 1 aliphatic carbocycles. The Labute approximate surface area is 205 Å². The number of carboxylic acids is 1. The first-order valence-electron chi connectivity index (χ1n) is 12.2. The van der Waals surface area contributed by atoms with Crippen LogP contribution in [0.4, 0.5) is 4.79 Å². The highest BCUT2D eigenvalue weighted by atomic mass is 16.6. The van der Waals surface area contributed by atoms with Gasteiger partial charge in [-0.2, -0.15) is 0 Å². The summed E-state index contributed by atoms with van der Waals surface area (Å²) in [5.41, 5.74) is -0.965. The molecule has 1 aliphatic heterocycles. The first-order chi connectivity index (χ1) is 16.5. The number of benzene rings is 2. The molecule has 4 atom stereocenters. The Kier molecular flexibility index (Phi) is 6.77. The molecule has 2 amide bonds. The van der Waals surface area contributed by atoms with Gasteiger partial charge >= 0.3 is 12.1 Å². The Morgan fingerprint density at radius 1 is 1.14 bits per heavy atom. The summed E-state index contributed by atoms with van der Waals surface area (Å²) in [4.78, 5) is 39.5. The van der Waals surface area contributed by atoms with Gasteiger partial charge in [0.25, 0.3) is 0 Å². The van der Waals surface area contributed by atoms with Gasteiger partial charge in [-0.1, -0.05) is 55.8 Å². The fourth-order valence-electron chi connectivity index (χ4n) is 4.91. The van der Waals surface area contributed by atoms with E-state index < -0.39 is 35.2 Å². The summed E-state index contributed by atoms with van der Waals surface area (Å²) in [5, 5.41) is 14.7. The van der Waals surface area contributed by atoms with Crippen LogP contribution in [0.1, 0.15) is 52.5 Å². The van der Waals surface area contributed by atoms with Crippen LogP contribution in [0.2, 0.25) is 0 Å². The minimum absolute atomic E-state index is 0.112. The molecular formula is C27H34N2O6. The number of likely N-dealkylation sites (tertiary alicyclic amines) is 1. The molecule has 8 nitrogen and oxygen atoms in total. The van der Waals surface area contributed by atoms with E-state index in [9.17, 15) is 19.5 Å². The third kappa shape index (κ3) is 5.27. The number of carboxylic acid groups (broad SMARTS) is 1. The third-order valence-corrected chi connectivity index (χ3v) is 6.87. The van der Waals surface area contributed by atoms with Crippen LogP contribution in [0.15, 0.2) is 42.5 Å². The van der Waals surface area contributed by atoms with Crippen molar-refractivity contribution in [3.8, 4) is 0 Å². The topological polar surface area (TPSA) is 105 Å². The smallest absolute Gasteiger partial charge is 0.411 e. The average molecular weight is 483 g/mol. The first kappa shape index (κ1) is 25.0. The number of amides is 2. The zero-order valence-electron chi connectivity index (χ0n) is 20.7. The number of hydrogen-bond acceptors (Lipinski definition) is 5. The standard InChI is InChI=1S/C27H34N2O6/c1-5-19-14-27(19,24(31)32)28-23(30)22-13-20(15-29(22)25(33)35-26(2,3)4)34-16-18-11-8-10-17-9-6-7-12-21(17)18/h6-12,19-20,22H,5,13-16H2,1-4H3,(H,28,30)(H,31,32)/t19?,20-,22+,27-/m1/s1. The Morgan fingerprint density at radius 3 is 2.51 bits per heavy atom. The lowest BCUT2D eigenvalue weighted by molar-refractivity contribution is -0.144. The molecule has 1 heterocycles. The summed E-state index contributed by atoms with van der Waals surface area (Å²) in [6.07, 6.45) is 0.317. The largest absolute Gasteiger partial charge is 0.479 e. The lowest BCUT2D eigenvalue weighted by Crippen LogP contribution is -2.53. The van der Waals surface area contributed by atoms with Gasteiger partial charge < -0.3 is 19.9 Å². The van der Waals surface area contributed by atoms with Gasteiger partial charge in [0.1, 0.15) is 17.2 Å². The van der Waals surface area contributed by atoms with E-state index in [-0.39, 0.29) is 25.0 Å². The molecule has 1 saturated carbocycles. The number of nitrogens with zero attached hydrogens (tertiary/aromatic N) is 1. The van der Waals surface area contributed by atoms with Crippen molar-refractivity contribution < 1.29 is 29.0 Å². The number of hydrogen-bond donors (Lipinski definition) is 2. The molecule has 2 aliphatic rings. The van der Waals surface area contributed by atoms with Gasteiger partial charge in [-0.25, -0.2) is 9.59 Å². The summed E-state index contributed by atoms with van der Waals surface area (Å²) in [6.45, 7) is 7.72. The first-order valence-corrected chi connectivity index (χ1v) is 12.2. The van der Waals surface area contributed by atoms with Crippen molar-refractivity contribution >= 4 is 28.7 Å². The molecule has 0 aromatic heterocycles. The van der Waals surface area contributed by atoms with E-state index in [0.29, 0.717) is 19.4 Å². The second kappa shape index (κ2) is 9.49.